The van der Waals surface area contributed by atoms with Crippen LogP contribution in [0.25, 0.3) is 0 Å². The van der Waals surface area contributed by atoms with E-state index in [2.05, 4.69) is 5.32 Å². The fourth-order valence-electron chi connectivity index (χ4n) is 2.93. The molecule has 0 unspecified atom stereocenters. The van der Waals surface area contributed by atoms with Gasteiger partial charge in [-0.1, -0.05) is 6.07 Å². The Hall–Kier alpha value is -2.28. The number of urea groups is 1. The van der Waals surface area contributed by atoms with Crippen molar-refractivity contribution in [2.75, 3.05) is 53.6 Å². The van der Waals surface area contributed by atoms with Crippen molar-refractivity contribution in [3.8, 4) is 5.75 Å². The van der Waals surface area contributed by atoms with Gasteiger partial charge in [0.1, 0.15) is 5.75 Å². The smallest absolute Gasteiger partial charge is 0.317 e. The molecule has 1 heterocycles. The normalized spacial score (nSPS) is 14.3. The average molecular weight is 363 g/mol. The summed E-state index contributed by atoms with van der Waals surface area (Å²) in [4.78, 5) is 28.4. The molecule has 1 aliphatic heterocycles. The van der Waals surface area contributed by atoms with E-state index in [0.717, 1.165) is 18.4 Å². The summed E-state index contributed by atoms with van der Waals surface area (Å²) < 4.78 is 10.3. The first-order valence-corrected chi connectivity index (χ1v) is 9.02. The molecule has 1 fully saturated rings. The molecule has 7 heteroatoms. The Kier molecular flexibility index (Phi) is 7.72. The van der Waals surface area contributed by atoms with Crippen LogP contribution in [0.3, 0.4) is 0 Å². The Bertz CT molecular complexity index is 613. The SMILES string of the molecule is COCCCCNC(=O)N1CCN(C(=O)c2ccc(C)c(OC)c2)CC1. The lowest BCUT2D eigenvalue weighted by Gasteiger charge is -2.34. The maximum atomic E-state index is 12.7. The van der Waals surface area contributed by atoms with Gasteiger partial charge in [-0.25, -0.2) is 4.79 Å². The van der Waals surface area contributed by atoms with Gasteiger partial charge in [-0.05, 0) is 37.5 Å². The monoisotopic (exact) mass is 363 g/mol. The van der Waals surface area contributed by atoms with E-state index in [4.69, 9.17) is 9.47 Å². The highest BCUT2D eigenvalue weighted by atomic mass is 16.5. The summed E-state index contributed by atoms with van der Waals surface area (Å²) in [6.45, 7) is 5.44. The minimum atomic E-state index is -0.0634. The van der Waals surface area contributed by atoms with Crippen molar-refractivity contribution in [2.45, 2.75) is 19.8 Å². The number of hydrogen-bond donors (Lipinski definition) is 1. The van der Waals surface area contributed by atoms with Gasteiger partial charge < -0.3 is 24.6 Å². The lowest BCUT2D eigenvalue weighted by Crippen LogP contribution is -2.53. The van der Waals surface area contributed by atoms with Crippen LogP contribution in [0.2, 0.25) is 0 Å². The highest BCUT2D eigenvalue weighted by Gasteiger charge is 2.25. The molecule has 0 radical (unpaired) electrons. The predicted molar refractivity (Wildman–Crippen MR) is 99.7 cm³/mol. The Morgan fingerprint density at radius 1 is 1.08 bits per heavy atom. The van der Waals surface area contributed by atoms with E-state index in [1.807, 2.05) is 19.1 Å². The number of hydrogen-bond acceptors (Lipinski definition) is 4. The lowest BCUT2D eigenvalue weighted by molar-refractivity contribution is 0.0664. The van der Waals surface area contributed by atoms with Crippen molar-refractivity contribution in [2.24, 2.45) is 0 Å². The third kappa shape index (κ3) is 5.36. The first-order chi connectivity index (χ1) is 12.6. The van der Waals surface area contributed by atoms with E-state index in [1.54, 1.807) is 30.1 Å². The minimum absolute atomic E-state index is 0.0251. The molecule has 0 saturated carbocycles. The molecule has 7 nitrogen and oxygen atoms in total. The number of carbonyl (C=O) groups is 2. The summed E-state index contributed by atoms with van der Waals surface area (Å²) in [5.74, 6) is 0.685. The number of amides is 3. The summed E-state index contributed by atoms with van der Waals surface area (Å²) in [6.07, 6.45) is 1.83. The van der Waals surface area contributed by atoms with E-state index >= 15 is 0 Å². The molecule has 1 aromatic rings. The zero-order chi connectivity index (χ0) is 18.9. The summed E-state index contributed by atoms with van der Waals surface area (Å²) in [5, 5.41) is 2.92. The number of nitrogens with zero attached hydrogens (tertiary/aromatic N) is 2. The van der Waals surface area contributed by atoms with Gasteiger partial charge in [-0.15, -0.1) is 0 Å². The minimum Gasteiger partial charge on any atom is -0.496 e. The molecular formula is C19H29N3O4. The number of piperazine rings is 1. The maximum absolute atomic E-state index is 12.7. The van der Waals surface area contributed by atoms with Gasteiger partial charge >= 0.3 is 6.03 Å². The van der Waals surface area contributed by atoms with E-state index in [0.29, 0.717) is 50.6 Å². The van der Waals surface area contributed by atoms with Crippen LogP contribution < -0.4 is 10.1 Å². The molecule has 0 spiro atoms. The van der Waals surface area contributed by atoms with E-state index < -0.39 is 0 Å². The van der Waals surface area contributed by atoms with Crippen molar-refractivity contribution < 1.29 is 19.1 Å². The van der Waals surface area contributed by atoms with Crippen LogP contribution in [0.5, 0.6) is 5.75 Å². The number of rotatable bonds is 7. The zero-order valence-corrected chi connectivity index (χ0v) is 15.9. The highest BCUT2D eigenvalue weighted by Crippen LogP contribution is 2.20. The van der Waals surface area contributed by atoms with Gasteiger partial charge in [0.2, 0.25) is 0 Å². The van der Waals surface area contributed by atoms with E-state index in [9.17, 15) is 9.59 Å². The molecule has 144 valence electrons. The van der Waals surface area contributed by atoms with Crippen LogP contribution in [0.15, 0.2) is 18.2 Å². The summed E-state index contributed by atoms with van der Waals surface area (Å²) in [5.41, 5.74) is 1.61. The average Bonchev–Trinajstić information content (AvgIpc) is 2.67. The number of benzene rings is 1. The predicted octanol–water partition coefficient (Wildman–Crippen LogP) is 1.90. The van der Waals surface area contributed by atoms with Gasteiger partial charge in [0.25, 0.3) is 5.91 Å². The summed E-state index contributed by atoms with van der Waals surface area (Å²) in [6, 6.07) is 5.42. The second-order valence-electron chi connectivity index (χ2n) is 6.40. The second-order valence-corrected chi connectivity index (χ2v) is 6.40. The molecule has 0 aromatic heterocycles. The van der Waals surface area contributed by atoms with Crippen LogP contribution in [0, 0.1) is 6.92 Å². The highest BCUT2D eigenvalue weighted by molar-refractivity contribution is 5.95. The fraction of sp³-hybridized carbons (Fsp3) is 0.579. The van der Waals surface area contributed by atoms with E-state index in [1.165, 1.54) is 0 Å². The third-order valence-corrected chi connectivity index (χ3v) is 4.56. The van der Waals surface area contributed by atoms with Gasteiger partial charge in [0, 0.05) is 52.0 Å². The Labute approximate surface area is 155 Å². The number of carbonyl (C=O) groups excluding carboxylic acids is 2. The number of methoxy groups -OCH3 is 2. The fourth-order valence-corrected chi connectivity index (χ4v) is 2.93. The molecule has 1 aliphatic rings. The number of ether oxygens (including phenoxy) is 2. The molecule has 2 rings (SSSR count). The Balaban J connectivity index is 1.80. The van der Waals surface area contributed by atoms with Crippen molar-refractivity contribution in [1.82, 2.24) is 15.1 Å². The first-order valence-electron chi connectivity index (χ1n) is 9.02. The molecular weight excluding hydrogens is 334 g/mol. The lowest BCUT2D eigenvalue weighted by atomic mass is 10.1. The van der Waals surface area contributed by atoms with Crippen molar-refractivity contribution in [1.29, 1.82) is 0 Å². The molecule has 0 aliphatic carbocycles. The molecule has 1 aromatic carbocycles. The van der Waals surface area contributed by atoms with Crippen LogP contribution >= 0.6 is 0 Å². The molecule has 0 bridgehead atoms. The quantitative estimate of drug-likeness (QED) is 0.751. The van der Waals surface area contributed by atoms with Crippen LogP contribution in [0.4, 0.5) is 4.79 Å². The summed E-state index contributed by atoms with van der Waals surface area (Å²) >= 11 is 0. The first kappa shape index (κ1) is 20.0. The number of aryl methyl sites for hydroxylation is 1. The molecule has 26 heavy (non-hydrogen) atoms. The largest absolute Gasteiger partial charge is 0.496 e. The molecule has 0 atom stereocenters. The van der Waals surface area contributed by atoms with Gasteiger partial charge in [0.05, 0.1) is 7.11 Å². The third-order valence-electron chi connectivity index (χ3n) is 4.56. The van der Waals surface area contributed by atoms with Crippen molar-refractivity contribution in [3.63, 3.8) is 0 Å². The van der Waals surface area contributed by atoms with Crippen LogP contribution in [0.1, 0.15) is 28.8 Å². The standard InChI is InChI=1S/C19H29N3O4/c1-15-6-7-16(14-17(15)26-3)18(23)21-9-11-22(12-10-21)19(24)20-8-4-5-13-25-2/h6-7,14H,4-5,8-13H2,1-3H3,(H,20,24). The molecule has 3 amide bonds. The topological polar surface area (TPSA) is 71.1 Å². The molecule has 1 saturated heterocycles. The van der Waals surface area contributed by atoms with Crippen molar-refractivity contribution in [3.05, 3.63) is 29.3 Å². The Morgan fingerprint density at radius 3 is 2.42 bits per heavy atom. The second kappa shape index (κ2) is 10.0. The zero-order valence-electron chi connectivity index (χ0n) is 15.9. The Morgan fingerprint density at radius 2 is 1.77 bits per heavy atom. The molecule has 1 N–H and O–H groups in total. The van der Waals surface area contributed by atoms with Gasteiger partial charge in [0.15, 0.2) is 0 Å². The van der Waals surface area contributed by atoms with Crippen molar-refractivity contribution >= 4 is 11.9 Å². The number of unbranched alkanes of at least 4 members (excludes halogenated alkanes) is 1. The van der Waals surface area contributed by atoms with Gasteiger partial charge in [-0.3, -0.25) is 4.79 Å². The summed E-state index contributed by atoms with van der Waals surface area (Å²) in [7, 11) is 3.27. The van der Waals surface area contributed by atoms with Crippen LogP contribution in [-0.4, -0.2) is 75.3 Å². The van der Waals surface area contributed by atoms with Gasteiger partial charge in [-0.2, -0.15) is 0 Å². The van der Waals surface area contributed by atoms with Crippen LogP contribution in [-0.2, 0) is 4.74 Å². The van der Waals surface area contributed by atoms with E-state index in [-0.39, 0.29) is 11.9 Å². The maximum Gasteiger partial charge on any atom is 0.317 e. The number of nitrogens with one attached hydrogen (secondary N) is 1.